The van der Waals surface area contributed by atoms with Crippen LogP contribution in [-0.2, 0) is 11.3 Å². The van der Waals surface area contributed by atoms with E-state index in [-0.39, 0.29) is 0 Å². The van der Waals surface area contributed by atoms with E-state index in [9.17, 15) is 10.2 Å². The number of hydrogen-bond donors (Lipinski definition) is 2. The second-order valence-corrected chi connectivity index (χ2v) is 6.31. The van der Waals surface area contributed by atoms with Crippen LogP contribution in [0.3, 0.4) is 0 Å². The van der Waals surface area contributed by atoms with Gasteiger partial charge in [-0.1, -0.05) is 30.3 Å². The van der Waals surface area contributed by atoms with Gasteiger partial charge in [0.2, 0.25) is 0 Å². The second kappa shape index (κ2) is 7.90. The molecule has 2 atom stereocenters. The molecule has 0 bridgehead atoms. The fourth-order valence-corrected chi connectivity index (χ4v) is 2.74. The number of benzene rings is 1. The van der Waals surface area contributed by atoms with E-state index in [4.69, 9.17) is 4.74 Å². The first-order valence-corrected chi connectivity index (χ1v) is 7.80. The molecule has 0 amide bonds. The lowest BCUT2D eigenvalue weighted by molar-refractivity contribution is 0.00747. The van der Waals surface area contributed by atoms with E-state index in [1.807, 2.05) is 37.3 Å². The van der Waals surface area contributed by atoms with Gasteiger partial charge in [-0.2, -0.15) is 0 Å². The Labute approximate surface area is 127 Å². The van der Waals surface area contributed by atoms with Crippen LogP contribution >= 0.6 is 0 Å². The van der Waals surface area contributed by atoms with Gasteiger partial charge in [0.15, 0.2) is 0 Å². The van der Waals surface area contributed by atoms with Crippen LogP contribution in [0, 0.1) is 0 Å². The summed E-state index contributed by atoms with van der Waals surface area (Å²) in [5, 5.41) is 20.1. The number of rotatable bonds is 6. The van der Waals surface area contributed by atoms with Crippen molar-refractivity contribution in [2.75, 3.05) is 26.2 Å². The number of hydrogen-bond acceptors (Lipinski definition) is 4. The van der Waals surface area contributed by atoms with E-state index in [1.54, 1.807) is 0 Å². The Hall–Kier alpha value is -0.940. The molecule has 118 valence electrons. The Balaban J connectivity index is 1.66. The molecular formula is C17H27NO3. The van der Waals surface area contributed by atoms with Crippen LogP contribution in [0.5, 0.6) is 0 Å². The smallest absolute Gasteiger partial charge is 0.0900 e. The first-order valence-electron chi connectivity index (χ1n) is 7.80. The molecule has 0 aliphatic carbocycles. The zero-order valence-corrected chi connectivity index (χ0v) is 12.9. The van der Waals surface area contributed by atoms with E-state index >= 15 is 0 Å². The molecule has 2 unspecified atom stereocenters. The maximum absolute atomic E-state index is 10.1. The van der Waals surface area contributed by atoms with Gasteiger partial charge in [-0.15, -0.1) is 0 Å². The fraction of sp³-hybridized carbons (Fsp3) is 0.647. The SMILES string of the molecule is CC1(O)CCCN(CC(O)COCc2ccccc2)CC1. The summed E-state index contributed by atoms with van der Waals surface area (Å²) in [7, 11) is 0. The van der Waals surface area contributed by atoms with Crippen molar-refractivity contribution < 1.29 is 14.9 Å². The van der Waals surface area contributed by atoms with Gasteiger partial charge in [0.05, 0.1) is 24.9 Å². The van der Waals surface area contributed by atoms with Crippen molar-refractivity contribution >= 4 is 0 Å². The van der Waals surface area contributed by atoms with Crippen LogP contribution < -0.4 is 0 Å². The maximum atomic E-state index is 10.1. The lowest BCUT2D eigenvalue weighted by Crippen LogP contribution is -2.36. The Morgan fingerprint density at radius 2 is 2.00 bits per heavy atom. The molecule has 2 rings (SSSR count). The molecule has 1 saturated heterocycles. The van der Waals surface area contributed by atoms with E-state index in [2.05, 4.69) is 4.90 Å². The average molecular weight is 293 g/mol. The van der Waals surface area contributed by atoms with Crippen molar-refractivity contribution in [2.24, 2.45) is 0 Å². The minimum atomic E-state index is -0.552. The molecule has 1 heterocycles. The van der Waals surface area contributed by atoms with Gasteiger partial charge < -0.3 is 19.8 Å². The first-order chi connectivity index (χ1) is 10.1. The molecule has 21 heavy (non-hydrogen) atoms. The largest absolute Gasteiger partial charge is 0.390 e. The molecule has 0 aromatic heterocycles. The summed E-state index contributed by atoms with van der Waals surface area (Å²) in [5.41, 5.74) is 0.569. The Bertz CT molecular complexity index is 408. The molecule has 0 spiro atoms. The zero-order chi connectivity index (χ0) is 15.1. The van der Waals surface area contributed by atoms with Gasteiger partial charge in [0, 0.05) is 13.1 Å². The fourth-order valence-electron chi connectivity index (χ4n) is 2.74. The summed E-state index contributed by atoms with van der Waals surface area (Å²) >= 11 is 0. The van der Waals surface area contributed by atoms with Gasteiger partial charge in [-0.3, -0.25) is 0 Å². The number of likely N-dealkylation sites (tertiary alicyclic amines) is 1. The normalized spacial score (nSPS) is 25.5. The number of β-amino-alcohol motifs (C(OH)–C–C–N with tert-alkyl or cyclic N) is 1. The average Bonchev–Trinajstić information content (AvgIpc) is 2.61. The quantitative estimate of drug-likeness (QED) is 0.840. The van der Waals surface area contributed by atoms with Gasteiger partial charge in [0.25, 0.3) is 0 Å². The number of ether oxygens (including phenoxy) is 1. The summed E-state index contributed by atoms with van der Waals surface area (Å²) in [6.07, 6.45) is 2.11. The second-order valence-electron chi connectivity index (χ2n) is 6.31. The minimum absolute atomic E-state index is 0.349. The van der Waals surface area contributed by atoms with E-state index in [0.29, 0.717) is 19.8 Å². The monoisotopic (exact) mass is 293 g/mol. The Morgan fingerprint density at radius 3 is 2.76 bits per heavy atom. The molecule has 1 aromatic rings. The lowest BCUT2D eigenvalue weighted by atomic mass is 9.98. The molecule has 1 aliphatic heterocycles. The highest BCUT2D eigenvalue weighted by atomic mass is 16.5. The molecule has 4 heteroatoms. The van der Waals surface area contributed by atoms with E-state index < -0.39 is 11.7 Å². The third-order valence-electron chi connectivity index (χ3n) is 4.05. The van der Waals surface area contributed by atoms with Crippen molar-refractivity contribution in [3.63, 3.8) is 0 Å². The molecule has 1 aromatic carbocycles. The summed E-state index contributed by atoms with van der Waals surface area (Å²) in [6, 6.07) is 9.98. The topological polar surface area (TPSA) is 52.9 Å². The molecule has 1 aliphatic rings. The zero-order valence-electron chi connectivity index (χ0n) is 12.9. The molecule has 2 N–H and O–H groups in total. The Morgan fingerprint density at radius 1 is 1.24 bits per heavy atom. The molecule has 0 radical (unpaired) electrons. The summed E-state index contributed by atoms with van der Waals surface area (Å²) < 4.78 is 5.57. The lowest BCUT2D eigenvalue weighted by Gasteiger charge is -2.24. The van der Waals surface area contributed by atoms with Crippen LogP contribution in [0.25, 0.3) is 0 Å². The van der Waals surface area contributed by atoms with Crippen LogP contribution in [0.1, 0.15) is 31.7 Å². The maximum Gasteiger partial charge on any atom is 0.0900 e. The number of aliphatic hydroxyl groups excluding tert-OH is 1. The predicted molar refractivity (Wildman–Crippen MR) is 83.0 cm³/mol. The highest BCUT2D eigenvalue weighted by Gasteiger charge is 2.25. The van der Waals surface area contributed by atoms with Crippen molar-refractivity contribution in [1.82, 2.24) is 4.90 Å². The third-order valence-corrected chi connectivity index (χ3v) is 4.05. The molecule has 4 nitrogen and oxygen atoms in total. The highest BCUT2D eigenvalue weighted by Crippen LogP contribution is 2.21. The molecular weight excluding hydrogens is 266 g/mol. The summed E-state index contributed by atoms with van der Waals surface area (Å²) in [4.78, 5) is 2.22. The van der Waals surface area contributed by atoms with Gasteiger partial charge in [-0.05, 0) is 38.3 Å². The molecule has 0 saturated carbocycles. The van der Waals surface area contributed by atoms with Crippen molar-refractivity contribution in [1.29, 1.82) is 0 Å². The minimum Gasteiger partial charge on any atom is -0.390 e. The van der Waals surface area contributed by atoms with Crippen LogP contribution in [0.4, 0.5) is 0 Å². The Kier molecular flexibility index (Phi) is 6.18. The van der Waals surface area contributed by atoms with Crippen LogP contribution in [0.2, 0.25) is 0 Å². The number of nitrogens with zero attached hydrogens (tertiary/aromatic N) is 1. The summed E-state index contributed by atoms with van der Waals surface area (Å²) in [5.74, 6) is 0. The summed E-state index contributed by atoms with van der Waals surface area (Å²) in [6.45, 7) is 5.17. The van der Waals surface area contributed by atoms with Gasteiger partial charge in [-0.25, -0.2) is 0 Å². The van der Waals surface area contributed by atoms with Gasteiger partial charge >= 0.3 is 0 Å². The van der Waals surface area contributed by atoms with Crippen molar-refractivity contribution in [2.45, 2.75) is 44.5 Å². The predicted octanol–water partition coefficient (Wildman–Crippen LogP) is 1.80. The molecule has 1 fully saturated rings. The van der Waals surface area contributed by atoms with Crippen LogP contribution in [-0.4, -0.2) is 53.1 Å². The van der Waals surface area contributed by atoms with Gasteiger partial charge in [0.1, 0.15) is 0 Å². The van der Waals surface area contributed by atoms with E-state index in [1.165, 1.54) is 0 Å². The van der Waals surface area contributed by atoms with E-state index in [0.717, 1.165) is 37.9 Å². The standard InChI is InChI=1S/C17H27NO3/c1-17(20)8-5-10-18(11-9-17)12-16(19)14-21-13-15-6-3-2-4-7-15/h2-4,6-7,16,19-20H,5,8-14H2,1H3. The number of aliphatic hydroxyl groups is 2. The first kappa shape index (κ1) is 16.4. The van der Waals surface area contributed by atoms with Crippen molar-refractivity contribution in [3.05, 3.63) is 35.9 Å². The third kappa shape index (κ3) is 6.14. The highest BCUT2D eigenvalue weighted by molar-refractivity contribution is 5.13. The van der Waals surface area contributed by atoms with Crippen LogP contribution in [0.15, 0.2) is 30.3 Å². The van der Waals surface area contributed by atoms with Crippen molar-refractivity contribution in [3.8, 4) is 0 Å².